The van der Waals surface area contributed by atoms with Gasteiger partial charge in [-0.05, 0) is 63.3 Å². The van der Waals surface area contributed by atoms with Gasteiger partial charge in [-0.1, -0.05) is 30.8 Å². The van der Waals surface area contributed by atoms with Gasteiger partial charge in [0, 0.05) is 23.5 Å². The van der Waals surface area contributed by atoms with Crippen molar-refractivity contribution >= 4 is 34.5 Å². The Kier molecular flexibility index (Phi) is 10.0. The van der Waals surface area contributed by atoms with Crippen LogP contribution in [0.25, 0.3) is 0 Å². The van der Waals surface area contributed by atoms with E-state index in [-0.39, 0.29) is 11.3 Å². The van der Waals surface area contributed by atoms with Crippen molar-refractivity contribution in [3.05, 3.63) is 53.6 Å². The summed E-state index contributed by atoms with van der Waals surface area (Å²) in [7, 11) is 5.45. The number of ether oxygens (including phenoxy) is 3. The lowest BCUT2D eigenvalue weighted by Crippen LogP contribution is -2.30. The maximum atomic E-state index is 12.5. The van der Waals surface area contributed by atoms with Crippen LogP contribution in [0.1, 0.15) is 31.4 Å². The molecule has 10 heteroatoms. The van der Waals surface area contributed by atoms with E-state index < -0.39 is 6.09 Å². The van der Waals surface area contributed by atoms with Gasteiger partial charge in [-0.2, -0.15) is 5.10 Å². The van der Waals surface area contributed by atoms with Crippen LogP contribution in [0.4, 0.5) is 15.3 Å². The number of nitrogens with zero attached hydrogens (tertiary/aromatic N) is 3. The summed E-state index contributed by atoms with van der Waals surface area (Å²) >= 11 is 1.21. The number of hydrogen-bond acceptors (Lipinski definition) is 8. The van der Waals surface area contributed by atoms with E-state index in [4.69, 9.17) is 14.2 Å². The molecule has 0 fully saturated rings. The number of likely N-dealkylation sites (N-methyl/N-ethyl adjacent to an activating group) is 1. The molecule has 0 bridgehead atoms. The van der Waals surface area contributed by atoms with Gasteiger partial charge >= 0.3 is 11.3 Å². The Morgan fingerprint density at radius 1 is 1.19 bits per heavy atom. The minimum Gasteiger partial charge on any atom is -0.493 e. The number of thioether (sulfide) groups is 1. The van der Waals surface area contributed by atoms with Crippen LogP contribution in [-0.4, -0.2) is 73.2 Å². The fourth-order valence-corrected chi connectivity index (χ4v) is 4.33. The van der Waals surface area contributed by atoms with Crippen molar-refractivity contribution < 1.29 is 23.8 Å². The zero-order chi connectivity index (χ0) is 26.1. The number of nitrogens with one attached hydrogen (secondary N) is 1. The van der Waals surface area contributed by atoms with E-state index in [1.807, 2.05) is 63.2 Å². The Morgan fingerprint density at radius 3 is 2.61 bits per heavy atom. The van der Waals surface area contributed by atoms with Crippen molar-refractivity contribution in [1.82, 2.24) is 9.91 Å². The Labute approximate surface area is 216 Å². The molecule has 1 atom stereocenters. The van der Waals surface area contributed by atoms with Gasteiger partial charge < -0.3 is 19.1 Å². The fourth-order valence-electron chi connectivity index (χ4n) is 3.59. The molecular weight excluding hydrogens is 480 g/mol. The molecule has 0 aromatic heterocycles. The molecule has 0 radical (unpaired) electrons. The highest BCUT2D eigenvalue weighted by molar-refractivity contribution is 8.14. The highest BCUT2D eigenvalue weighted by atomic mass is 32.2. The highest BCUT2D eigenvalue weighted by Gasteiger charge is 2.23. The van der Waals surface area contributed by atoms with Crippen molar-refractivity contribution in [3.63, 3.8) is 0 Å². The molecule has 36 heavy (non-hydrogen) atoms. The minimum absolute atomic E-state index is 0.115. The van der Waals surface area contributed by atoms with Crippen molar-refractivity contribution in [2.45, 2.75) is 32.9 Å². The van der Waals surface area contributed by atoms with Crippen molar-refractivity contribution in [3.8, 4) is 11.5 Å². The van der Waals surface area contributed by atoms with E-state index in [2.05, 4.69) is 10.4 Å². The summed E-state index contributed by atoms with van der Waals surface area (Å²) in [4.78, 5) is 26.6. The largest absolute Gasteiger partial charge is 0.493 e. The van der Waals surface area contributed by atoms with E-state index in [1.54, 1.807) is 19.2 Å². The molecule has 1 unspecified atom stereocenters. The molecule has 2 aromatic carbocycles. The Morgan fingerprint density at radius 2 is 1.94 bits per heavy atom. The summed E-state index contributed by atoms with van der Waals surface area (Å²) in [6.45, 7) is 5.43. The molecule has 194 valence electrons. The number of hydrazone groups is 1. The van der Waals surface area contributed by atoms with Gasteiger partial charge in [-0.25, -0.2) is 9.80 Å². The van der Waals surface area contributed by atoms with Gasteiger partial charge in [0.1, 0.15) is 6.10 Å². The van der Waals surface area contributed by atoms with Gasteiger partial charge in [0.05, 0.1) is 26.0 Å². The molecule has 3 rings (SSSR count). The number of amides is 2. The molecule has 2 aromatic rings. The van der Waals surface area contributed by atoms with Gasteiger partial charge in [0.25, 0.3) is 0 Å². The smallest absolute Gasteiger partial charge is 0.411 e. The van der Waals surface area contributed by atoms with E-state index in [9.17, 15) is 9.59 Å². The van der Waals surface area contributed by atoms with E-state index in [0.29, 0.717) is 42.6 Å². The van der Waals surface area contributed by atoms with E-state index in [0.717, 1.165) is 23.3 Å². The number of carbonyl (C=O) groups is 2. The first-order chi connectivity index (χ1) is 17.3. The van der Waals surface area contributed by atoms with Gasteiger partial charge in [0.2, 0.25) is 0 Å². The molecule has 0 spiro atoms. The van der Waals surface area contributed by atoms with Crippen LogP contribution in [0, 0.1) is 0 Å². The minimum atomic E-state index is -0.504. The van der Waals surface area contributed by atoms with Crippen LogP contribution >= 0.6 is 11.8 Å². The molecule has 0 aliphatic carbocycles. The van der Waals surface area contributed by atoms with Crippen molar-refractivity contribution in [2.24, 2.45) is 5.10 Å². The third kappa shape index (κ3) is 7.89. The number of benzene rings is 2. The first-order valence-electron chi connectivity index (χ1n) is 11.8. The normalized spacial score (nSPS) is 14.3. The lowest BCUT2D eigenvalue weighted by Gasteiger charge is -2.23. The maximum Gasteiger partial charge on any atom is 0.411 e. The zero-order valence-electron chi connectivity index (χ0n) is 21.4. The standard InChI is InChI=1S/C26H34N4O5S/c1-6-13-34-24-14-20(9-12-23(24)33-5)22-17-36-26(32)30(28-22)16-19-7-10-21(11-8-19)27-25(31)35-18(2)15-29(3)4/h7-12,14,18H,6,13,15-17H2,1-5H3,(H,27,31). The third-order valence-corrected chi connectivity index (χ3v) is 6.08. The second-order valence-corrected chi connectivity index (χ2v) is 9.60. The number of hydrogen-bond donors (Lipinski definition) is 1. The zero-order valence-corrected chi connectivity index (χ0v) is 22.3. The quantitative estimate of drug-likeness (QED) is 0.448. The van der Waals surface area contributed by atoms with Crippen LogP contribution in [0.3, 0.4) is 0 Å². The maximum absolute atomic E-state index is 12.5. The van der Waals surface area contributed by atoms with Crippen LogP contribution in [0.5, 0.6) is 11.5 Å². The topological polar surface area (TPSA) is 92.7 Å². The van der Waals surface area contributed by atoms with Crippen LogP contribution in [0.2, 0.25) is 0 Å². The third-order valence-electron chi connectivity index (χ3n) is 5.21. The number of methoxy groups -OCH3 is 1. The Hall–Kier alpha value is -3.24. The Balaban J connectivity index is 1.66. The molecule has 1 aliphatic heterocycles. The summed E-state index contributed by atoms with van der Waals surface area (Å²) in [6, 6.07) is 12.9. The van der Waals surface area contributed by atoms with Crippen LogP contribution < -0.4 is 14.8 Å². The average molecular weight is 515 g/mol. The lowest BCUT2D eigenvalue weighted by molar-refractivity contribution is 0.103. The number of carbonyl (C=O) groups excluding carboxylic acids is 2. The molecular formula is C26H34N4O5S. The molecule has 1 N–H and O–H groups in total. The number of anilines is 1. The summed E-state index contributed by atoms with van der Waals surface area (Å²) in [5.74, 6) is 1.80. The second-order valence-electron chi connectivity index (χ2n) is 8.67. The Bertz CT molecular complexity index is 1070. The summed E-state index contributed by atoms with van der Waals surface area (Å²) in [5.41, 5.74) is 3.17. The predicted octanol–water partition coefficient (Wildman–Crippen LogP) is 5.06. The van der Waals surface area contributed by atoms with Crippen molar-refractivity contribution in [2.75, 3.05) is 45.4 Å². The van der Waals surface area contributed by atoms with E-state index in [1.165, 1.54) is 16.8 Å². The number of rotatable bonds is 11. The van der Waals surface area contributed by atoms with Crippen LogP contribution in [0.15, 0.2) is 47.6 Å². The SMILES string of the molecule is CCCOc1cc(C2=NN(Cc3ccc(NC(=O)OC(C)CN(C)C)cc3)C(=O)SC2)ccc1OC. The van der Waals surface area contributed by atoms with Crippen molar-refractivity contribution in [1.29, 1.82) is 0 Å². The van der Waals surface area contributed by atoms with Gasteiger partial charge in [-0.15, -0.1) is 0 Å². The molecule has 1 aliphatic rings. The molecule has 9 nitrogen and oxygen atoms in total. The molecule has 2 amide bonds. The predicted molar refractivity (Wildman–Crippen MR) is 143 cm³/mol. The average Bonchev–Trinajstić information content (AvgIpc) is 2.84. The summed E-state index contributed by atoms with van der Waals surface area (Å²) < 4.78 is 16.6. The first kappa shape index (κ1) is 27.3. The molecule has 1 heterocycles. The van der Waals surface area contributed by atoms with Gasteiger partial charge in [-0.3, -0.25) is 10.1 Å². The molecule has 0 saturated heterocycles. The van der Waals surface area contributed by atoms with Crippen LogP contribution in [-0.2, 0) is 11.3 Å². The fraction of sp³-hybridized carbons (Fsp3) is 0.423. The second kappa shape index (κ2) is 13.2. The lowest BCUT2D eigenvalue weighted by atomic mass is 10.1. The van der Waals surface area contributed by atoms with E-state index >= 15 is 0 Å². The molecule has 0 saturated carbocycles. The van der Waals surface area contributed by atoms with Gasteiger partial charge in [0.15, 0.2) is 11.5 Å². The summed E-state index contributed by atoms with van der Waals surface area (Å²) in [5, 5.41) is 8.69. The monoisotopic (exact) mass is 514 g/mol. The summed E-state index contributed by atoms with van der Waals surface area (Å²) in [6.07, 6.45) is 0.155. The highest BCUT2D eigenvalue weighted by Crippen LogP contribution is 2.30. The first-order valence-corrected chi connectivity index (χ1v) is 12.8.